The highest BCUT2D eigenvalue weighted by Gasteiger charge is 2.39. The van der Waals surface area contributed by atoms with Crippen LogP contribution in [0.25, 0.3) is 0 Å². The van der Waals surface area contributed by atoms with E-state index in [0.717, 1.165) is 44.5 Å². The Kier molecular flexibility index (Phi) is 7.48. The summed E-state index contributed by atoms with van der Waals surface area (Å²) in [6.45, 7) is 8.56. The van der Waals surface area contributed by atoms with E-state index >= 15 is 0 Å². The molecule has 0 N–H and O–H groups in total. The molecular weight excluding hydrogens is 384 g/mol. The number of hydrogen-bond donors (Lipinski definition) is 0. The number of nitrogens with zero attached hydrogens (tertiary/aromatic N) is 3. The topological polar surface area (TPSA) is 19.0 Å². The summed E-state index contributed by atoms with van der Waals surface area (Å²) in [5.74, 6) is 1.16. The van der Waals surface area contributed by atoms with E-state index in [-0.39, 0.29) is 31.0 Å². The van der Waals surface area contributed by atoms with Crippen molar-refractivity contribution in [2.45, 2.75) is 72.3 Å². The Hall–Kier alpha value is -1.24. The van der Waals surface area contributed by atoms with Gasteiger partial charge in [-0.2, -0.15) is 8.78 Å². The van der Waals surface area contributed by atoms with Gasteiger partial charge in [0.15, 0.2) is 0 Å². The molecule has 170 valence electrons. The molecule has 5 unspecified atom stereocenters. The van der Waals surface area contributed by atoms with Gasteiger partial charge in [0.25, 0.3) is 0 Å². The Labute approximate surface area is 184 Å². The molecule has 0 bridgehead atoms. The number of piperazine rings is 1. The van der Waals surface area contributed by atoms with E-state index < -0.39 is 6.61 Å². The van der Waals surface area contributed by atoms with E-state index in [1.807, 2.05) is 12.1 Å². The lowest BCUT2D eigenvalue weighted by Gasteiger charge is -2.54. The average Bonchev–Trinajstić information content (AvgIpc) is 2.73. The number of ether oxygens (including phenoxy) is 1. The zero-order valence-electron chi connectivity index (χ0n) is 20.8. The van der Waals surface area contributed by atoms with Crippen molar-refractivity contribution in [3.63, 3.8) is 0 Å². The van der Waals surface area contributed by atoms with Crippen LogP contribution in [-0.4, -0.2) is 66.2 Å². The van der Waals surface area contributed by atoms with Gasteiger partial charge in [-0.1, -0.05) is 46.2 Å². The molecule has 3 rings (SSSR count). The molecule has 1 aromatic carbocycles. The predicted octanol–water partition coefficient (Wildman–Crippen LogP) is 4.90. The third-order valence-electron chi connectivity index (χ3n) is 6.18. The molecule has 6 heteroatoms. The van der Waals surface area contributed by atoms with Crippen LogP contribution in [0.1, 0.15) is 55.3 Å². The lowest BCUT2D eigenvalue weighted by molar-refractivity contribution is -0.0909. The number of halogens is 2. The summed E-state index contributed by atoms with van der Waals surface area (Å²) >= 11 is 0. The molecule has 0 radical (unpaired) electrons. The normalized spacial score (nSPS) is 30.8. The first-order valence-electron chi connectivity index (χ1n) is 12.5. The summed E-state index contributed by atoms with van der Waals surface area (Å²) in [6, 6.07) is 6.90. The van der Waals surface area contributed by atoms with Crippen molar-refractivity contribution in [3.8, 4) is 5.75 Å². The van der Waals surface area contributed by atoms with Crippen LogP contribution in [0.5, 0.6) is 5.75 Å². The van der Waals surface area contributed by atoms with Gasteiger partial charge in [0.1, 0.15) is 5.75 Å². The van der Waals surface area contributed by atoms with Crippen molar-refractivity contribution < 1.29 is 16.3 Å². The van der Waals surface area contributed by atoms with Gasteiger partial charge in [-0.3, -0.25) is 14.7 Å². The molecule has 2 fully saturated rings. The maximum atomic E-state index is 12.5. The second-order valence-electron chi connectivity index (χ2n) is 9.21. The third kappa shape index (κ3) is 6.38. The van der Waals surface area contributed by atoms with Crippen LogP contribution < -0.4 is 4.74 Å². The Morgan fingerprint density at radius 1 is 1.20 bits per heavy atom. The summed E-state index contributed by atoms with van der Waals surface area (Å²) in [4.78, 5) is 6.99. The fourth-order valence-corrected chi connectivity index (χ4v) is 4.51. The maximum absolute atomic E-state index is 12.5. The van der Waals surface area contributed by atoms with Crippen LogP contribution in [0.15, 0.2) is 24.3 Å². The molecule has 2 heterocycles. The van der Waals surface area contributed by atoms with E-state index in [4.69, 9.17) is 2.74 Å². The van der Waals surface area contributed by atoms with Crippen LogP contribution >= 0.6 is 0 Å². The zero-order valence-corrected chi connectivity index (χ0v) is 18.8. The number of hydrogen-bond acceptors (Lipinski definition) is 4. The molecular formula is C24H39F2N3O. The molecule has 4 nitrogen and oxygen atoms in total. The minimum absolute atomic E-state index is 0.0323. The molecule has 2 saturated heterocycles. The van der Waals surface area contributed by atoms with Gasteiger partial charge in [0, 0.05) is 48.0 Å². The van der Waals surface area contributed by atoms with Gasteiger partial charge < -0.3 is 4.74 Å². The number of rotatable bonds is 9. The Bertz CT molecular complexity index is 709. The summed E-state index contributed by atoms with van der Waals surface area (Å²) in [5.41, 5.74) is 1.04. The van der Waals surface area contributed by atoms with E-state index in [0.29, 0.717) is 18.4 Å². The number of alkyl halides is 2. The van der Waals surface area contributed by atoms with Crippen LogP contribution in [0.4, 0.5) is 8.78 Å². The Morgan fingerprint density at radius 3 is 2.57 bits per heavy atom. The summed E-state index contributed by atoms with van der Waals surface area (Å²) in [7, 11) is 0. The molecule has 0 aromatic heterocycles. The Balaban J connectivity index is 1.81. The molecule has 2 aliphatic rings. The third-order valence-corrected chi connectivity index (χ3v) is 6.18. The first-order valence-corrected chi connectivity index (χ1v) is 11.3. The maximum Gasteiger partial charge on any atom is 0.387 e. The zero-order chi connectivity index (χ0) is 23.4. The quantitative estimate of drug-likeness (QED) is 0.560. The fraction of sp³-hybridized carbons (Fsp3) is 0.750. The second kappa shape index (κ2) is 10.9. The molecule has 5 atom stereocenters. The number of benzene rings is 1. The van der Waals surface area contributed by atoms with E-state index in [9.17, 15) is 8.78 Å². The summed E-state index contributed by atoms with van der Waals surface area (Å²) in [6.07, 6.45) is 2.82. The minimum atomic E-state index is -2.82. The molecule has 30 heavy (non-hydrogen) atoms. The highest BCUT2D eigenvalue weighted by molar-refractivity contribution is 5.27. The van der Waals surface area contributed by atoms with Gasteiger partial charge in [0.05, 0.1) is 6.17 Å². The van der Waals surface area contributed by atoms with Crippen LogP contribution in [0.3, 0.4) is 0 Å². The molecule has 1 aromatic rings. The molecule has 0 saturated carbocycles. The van der Waals surface area contributed by atoms with Crippen LogP contribution in [0.2, 0.25) is 0 Å². The van der Waals surface area contributed by atoms with Crippen LogP contribution in [-0.2, 0) is 6.54 Å². The standard InChI is InChI=1S/C24H39F2N3O/c1-5-19(4)14-27-16-21(13-18(2)3)29-12-6-11-28(23(29)17-27)15-20-7-9-22(10-8-20)30-24(25)26/h7-10,18-19,21,23-24H,5-6,11-17H2,1-4H3/i12D,16D. The van der Waals surface area contributed by atoms with E-state index in [1.165, 1.54) is 0 Å². The highest BCUT2D eigenvalue weighted by Crippen LogP contribution is 2.29. The lowest BCUT2D eigenvalue weighted by Crippen LogP contribution is -2.67. The van der Waals surface area contributed by atoms with Crippen molar-refractivity contribution in [3.05, 3.63) is 29.8 Å². The van der Waals surface area contributed by atoms with Crippen molar-refractivity contribution in [1.82, 2.24) is 14.7 Å². The first kappa shape index (κ1) is 20.7. The smallest absolute Gasteiger partial charge is 0.387 e. The summed E-state index contributed by atoms with van der Waals surface area (Å²) in [5, 5.41) is 0. The molecule has 0 spiro atoms. The largest absolute Gasteiger partial charge is 0.435 e. The van der Waals surface area contributed by atoms with Gasteiger partial charge in [-0.25, -0.2) is 0 Å². The van der Waals surface area contributed by atoms with Crippen molar-refractivity contribution in [1.29, 1.82) is 0 Å². The van der Waals surface area contributed by atoms with Crippen molar-refractivity contribution in [2.24, 2.45) is 11.8 Å². The molecule has 2 aliphatic heterocycles. The molecule has 0 amide bonds. The van der Waals surface area contributed by atoms with E-state index in [1.54, 1.807) is 12.1 Å². The van der Waals surface area contributed by atoms with Crippen LogP contribution in [0, 0.1) is 11.8 Å². The predicted molar refractivity (Wildman–Crippen MR) is 118 cm³/mol. The fourth-order valence-electron chi connectivity index (χ4n) is 4.51. The van der Waals surface area contributed by atoms with Crippen molar-refractivity contribution >= 4 is 0 Å². The van der Waals surface area contributed by atoms with Gasteiger partial charge in [-0.05, 0) is 42.4 Å². The Morgan fingerprint density at radius 2 is 1.93 bits per heavy atom. The first-order chi connectivity index (χ1) is 15.2. The van der Waals surface area contributed by atoms with Gasteiger partial charge in [-0.15, -0.1) is 0 Å². The second-order valence-corrected chi connectivity index (χ2v) is 9.21. The van der Waals surface area contributed by atoms with Gasteiger partial charge in [0.2, 0.25) is 0 Å². The average molecular weight is 426 g/mol. The van der Waals surface area contributed by atoms with Gasteiger partial charge >= 0.3 is 6.61 Å². The van der Waals surface area contributed by atoms with E-state index in [2.05, 4.69) is 47.1 Å². The van der Waals surface area contributed by atoms with Crippen molar-refractivity contribution in [2.75, 3.05) is 32.7 Å². The number of fused-ring (bicyclic) bond motifs is 1. The molecule has 0 aliphatic carbocycles. The highest BCUT2D eigenvalue weighted by atomic mass is 19.3. The lowest BCUT2D eigenvalue weighted by atomic mass is 9.96. The SMILES string of the molecule is [2H]C1C(CC(C)C)N2C([2H])CCN(Cc3ccc(OC(F)F)cc3)C2CN1CC(C)CC. The summed E-state index contributed by atoms with van der Waals surface area (Å²) < 4.78 is 47.2. The monoisotopic (exact) mass is 425 g/mol. The minimum Gasteiger partial charge on any atom is -0.435 e.